The summed E-state index contributed by atoms with van der Waals surface area (Å²) < 4.78 is 0.776. The Morgan fingerprint density at radius 1 is 1.21 bits per heavy atom. The second kappa shape index (κ2) is 8.26. The van der Waals surface area contributed by atoms with Crippen molar-refractivity contribution in [3.8, 4) is 5.75 Å². The van der Waals surface area contributed by atoms with Gasteiger partial charge in [-0.3, -0.25) is 9.59 Å². The first-order valence-corrected chi connectivity index (χ1v) is 7.90. The van der Waals surface area contributed by atoms with Gasteiger partial charge in [0.05, 0.1) is 12.8 Å². The van der Waals surface area contributed by atoms with Crippen LogP contribution in [-0.2, 0) is 4.79 Å². The van der Waals surface area contributed by atoms with Gasteiger partial charge in [-0.15, -0.1) is 0 Å². The summed E-state index contributed by atoms with van der Waals surface area (Å²) in [6.07, 6.45) is 1.32. The van der Waals surface area contributed by atoms with E-state index in [0.29, 0.717) is 11.1 Å². The molecule has 7 heteroatoms. The van der Waals surface area contributed by atoms with Gasteiger partial charge in [0, 0.05) is 15.6 Å². The zero-order chi connectivity index (χ0) is 17.5. The van der Waals surface area contributed by atoms with E-state index in [4.69, 9.17) is 0 Å². The number of benzene rings is 2. The van der Waals surface area contributed by atoms with Crippen molar-refractivity contribution < 1.29 is 14.7 Å². The van der Waals surface area contributed by atoms with Crippen molar-refractivity contribution >= 4 is 34.0 Å². The first-order chi connectivity index (χ1) is 11.5. The number of halogens is 1. The molecule has 2 rings (SSSR count). The largest absolute Gasteiger partial charge is 0.507 e. The molecular weight excluding hydrogens is 374 g/mol. The van der Waals surface area contributed by atoms with Crippen LogP contribution >= 0.6 is 15.9 Å². The number of phenols is 1. The number of phenolic OH excluding ortho intramolecular Hbond substituents is 1. The van der Waals surface area contributed by atoms with Crippen LogP contribution in [0.3, 0.4) is 0 Å². The molecule has 0 aliphatic carbocycles. The maximum absolute atomic E-state index is 11.9. The number of nitrogens with one attached hydrogen (secondary N) is 2. The van der Waals surface area contributed by atoms with Gasteiger partial charge in [-0.25, -0.2) is 5.43 Å². The highest BCUT2D eigenvalue weighted by Gasteiger charge is 2.07. The lowest BCUT2D eigenvalue weighted by atomic mass is 10.1. The molecule has 0 atom stereocenters. The van der Waals surface area contributed by atoms with Crippen molar-refractivity contribution in [1.29, 1.82) is 0 Å². The van der Waals surface area contributed by atoms with Crippen LogP contribution in [0.25, 0.3) is 0 Å². The third kappa shape index (κ3) is 5.20. The van der Waals surface area contributed by atoms with E-state index in [0.717, 1.165) is 10.0 Å². The minimum Gasteiger partial charge on any atom is -0.507 e. The molecule has 0 aliphatic heterocycles. The predicted molar refractivity (Wildman–Crippen MR) is 95.1 cm³/mol. The van der Waals surface area contributed by atoms with Crippen LogP contribution in [0.5, 0.6) is 5.75 Å². The highest BCUT2D eigenvalue weighted by Crippen LogP contribution is 2.19. The third-order valence-corrected chi connectivity index (χ3v) is 3.60. The number of rotatable bonds is 5. The normalized spacial score (nSPS) is 10.6. The minimum atomic E-state index is -0.471. The fourth-order valence-electron chi connectivity index (χ4n) is 1.81. The van der Waals surface area contributed by atoms with Crippen LogP contribution < -0.4 is 10.7 Å². The van der Waals surface area contributed by atoms with Crippen molar-refractivity contribution in [2.75, 3.05) is 6.54 Å². The number of nitrogens with zero attached hydrogens (tertiary/aromatic N) is 1. The lowest BCUT2D eigenvalue weighted by Gasteiger charge is -2.04. The van der Waals surface area contributed by atoms with Gasteiger partial charge in [-0.05, 0) is 37.3 Å². The molecule has 0 heterocycles. The second-order valence-corrected chi connectivity index (χ2v) is 5.96. The summed E-state index contributed by atoms with van der Waals surface area (Å²) >= 11 is 3.28. The molecule has 6 nitrogen and oxygen atoms in total. The van der Waals surface area contributed by atoms with E-state index in [1.165, 1.54) is 12.3 Å². The summed E-state index contributed by atoms with van der Waals surface area (Å²) in [5.41, 5.74) is 4.27. The molecule has 0 saturated carbocycles. The van der Waals surface area contributed by atoms with E-state index in [1.807, 2.05) is 19.1 Å². The predicted octanol–water partition coefficient (Wildman–Crippen LogP) is 2.34. The van der Waals surface area contributed by atoms with Crippen molar-refractivity contribution in [1.82, 2.24) is 10.7 Å². The monoisotopic (exact) mass is 389 g/mol. The Morgan fingerprint density at radius 3 is 2.62 bits per heavy atom. The van der Waals surface area contributed by atoms with Crippen molar-refractivity contribution in [2.45, 2.75) is 6.92 Å². The number of aryl methyl sites for hydroxylation is 1. The van der Waals surface area contributed by atoms with Gasteiger partial charge in [0.2, 0.25) is 0 Å². The summed E-state index contributed by atoms with van der Waals surface area (Å²) in [6, 6.07) is 11.9. The SMILES string of the molecule is Cc1ccc(C(=O)NCC(=O)N/N=C/c2cc(Br)ccc2O)cc1. The number of carbonyl (C=O) groups is 2. The Hall–Kier alpha value is -2.67. The third-order valence-electron chi connectivity index (χ3n) is 3.11. The topological polar surface area (TPSA) is 90.8 Å². The number of hydrogen-bond donors (Lipinski definition) is 3. The molecule has 0 aromatic heterocycles. The highest BCUT2D eigenvalue weighted by molar-refractivity contribution is 9.10. The molecule has 2 aromatic rings. The van der Waals surface area contributed by atoms with E-state index in [1.54, 1.807) is 24.3 Å². The maximum atomic E-state index is 11.9. The van der Waals surface area contributed by atoms with Crippen LogP contribution in [0.4, 0.5) is 0 Å². The molecule has 2 aromatic carbocycles. The Balaban J connectivity index is 1.83. The Labute approximate surface area is 147 Å². The molecule has 0 fully saturated rings. The molecule has 0 aliphatic rings. The van der Waals surface area contributed by atoms with Gasteiger partial charge in [0.1, 0.15) is 5.75 Å². The van der Waals surface area contributed by atoms with Crippen LogP contribution in [0.15, 0.2) is 52.0 Å². The zero-order valence-electron chi connectivity index (χ0n) is 12.9. The minimum absolute atomic E-state index is 0.0453. The number of aromatic hydroxyl groups is 1. The molecule has 0 unspecified atom stereocenters. The van der Waals surface area contributed by atoms with Crippen LogP contribution in [0.2, 0.25) is 0 Å². The summed E-state index contributed by atoms with van der Waals surface area (Å²) in [4.78, 5) is 23.5. The van der Waals surface area contributed by atoms with E-state index in [2.05, 4.69) is 31.8 Å². The number of amides is 2. The number of carbonyl (C=O) groups excluding carboxylic acids is 2. The summed E-state index contributed by atoms with van der Waals surface area (Å²) in [5, 5.41) is 15.9. The quantitative estimate of drug-likeness (QED) is 0.541. The average Bonchev–Trinajstić information content (AvgIpc) is 2.56. The van der Waals surface area contributed by atoms with E-state index >= 15 is 0 Å². The van der Waals surface area contributed by atoms with Gasteiger partial charge in [0.15, 0.2) is 0 Å². The molecule has 124 valence electrons. The van der Waals surface area contributed by atoms with Crippen LogP contribution in [0, 0.1) is 6.92 Å². The Kier molecular flexibility index (Phi) is 6.08. The lowest BCUT2D eigenvalue weighted by molar-refractivity contribution is -0.120. The highest BCUT2D eigenvalue weighted by atomic mass is 79.9. The fourth-order valence-corrected chi connectivity index (χ4v) is 2.19. The standard InChI is InChI=1S/C17H16BrN3O3/c1-11-2-4-12(5-3-11)17(24)19-10-16(23)21-20-9-13-8-14(18)6-7-15(13)22/h2-9,22H,10H2,1H3,(H,19,24)(H,21,23)/b20-9+. The average molecular weight is 390 g/mol. The van der Waals surface area contributed by atoms with Crippen molar-refractivity contribution in [3.05, 3.63) is 63.6 Å². The molecule has 3 N–H and O–H groups in total. The lowest BCUT2D eigenvalue weighted by Crippen LogP contribution is -2.34. The number of hydrazone groups is 1. The number of hydrogen-bond acceptors (Lipinski definition) is 4. The van der Waals surface area contributed by atoms with Gasteiger partial charge >= 0.3 is 0 Å². The first-order valence-electron chi connectivity index (χ1n) is 7.11. The zero-order valence-corrected chi connectivity index (χ0v) is 14.5. The summed E-state index contributed by atoms with van der Waals surface area (Å²) in [6.45, 7) is 1.73. The van der Waals surface area contributed by atoms with Gasteiger partial charge in [0.25, 0.3) is 11.8 Å². The van der Waals surface area contributed by atoms with Crippen LogP contribution in [0.1, 0.15) is 21.5 Å². The summed E-state index contributed by atoms with van der Waals surface area (Å²) in [7, 11) is 0. The Morgan fingerprint density at radius 2 is 1.92 bits per heavy atom. The second-order valence-electron chi connectivity index (χ2n) is 5.05. The molecule has 2 amide bonds. The van der Waals surface area contributed by atoms with E-state index < -0.39 is 5.91 Å². The van der Waals surface area contributed by atoms with Gasteiger partial charge in [-0.2, -0.15) is 5.10 Å². The molecule has 0 saturated heterocycles. The maximum Gasteiger partial charge on any atom is 0.259 e. The fraction of sp³-hybridized carbons (Fsp3) is 0.118. The molecule has 24 heavy (non-hydrogen) atoms. The summed E-state index contributed by atoms with van der Waals surface area (Å²) in [5.74, 6) is -0.760. The van der Waals surface area contributed by atoms with E-state index in [9.17, 15) is 14.7 Å². The molecule has 0 spiro atoms. The molecular formula is C17H16BrN3O3. The molecule has 0 bridgehead atoms. The van der Waals surface area contributed by atoms with Gasteiger partial charge in [-0.1, -0.05) is 33.6 Å². The first kappa shape index (κ1) is 17.7. The smallest absolute Gasteiger partial charge is 0.259 e. The van der Waals surface area contributed by atoms with Crippen LogP contribution in [-0.4, -0.2) is 29.7 Å². The van der Waals surface area contributed by atoms with E-state index in [-0.39, 0.29) is 18.2 Å². The Bertz CT molecular complexity index is 773. The van der Waals surface area contributed by atoms with Crippen molar-refractivity contribution in [3.63, 3.8) is 0 Å². The van der Waals surface area contributed by atoms with Crippen molar-refractivity contribution in [2.24, 2.45) is 5.10 Å². The molecule has 0 radical (unpaired) electrons. The van der Waals surface area contributed by atoms with Gasteiger partial charge < -0.3 is 10.4 Å².